The van der Waals surface area contributed by atoms with E-state index in [9.17, 15) is 4.79 Å². The molecule has 1 unspecified atom stereocenters. The molecule has 1 aliphatic rings. The SMILES string of the molecule is CCNC(=NCCCC(=O)N1Cc2ccccc2C1)NC(C)c1ccc(Cl)cc1. The van der Waals surface area contributed by atoms with E-state index in [2.05, 4.69) is 34.7 Å². The average Bonchev–Trinajstić information content (AvgIpc) is 3.16. The quantitative estimate of drug-likeness (QED) is 0.405. The summed E-state index contributed by atoms with van der Waals surface area (Å²) in [4.78, 5) is 19.1. The molecule has 0 fully saturated rings. The molecule has 0 aromatic heterocycles. The third-order valence-electron chi connectivity index (χ3n) is 5.08. The van der Waals surface area contributed by atoms with Crippen molar-refractivity contribution < 1.29 is 4.79 Å². The zero-order valence-corrected chi connectivity index (χ0v) is 17.9. The number of aliphatic imine (C=N–C) groups is 1. The molecule has 2 aromatic carbocycles. The first-order valence-electron chi connectivity index (χ1n) is 10.2. The van der Waals surface area contributed by atoms with Crippen LogP contribution in [0.15, 0.2) is 53.5 Å². The number of fused-ring (bicyclic) bond motifs is 1. The van der Waals surface area contributed by atoms with Crippen molar-refractivity contribution in [2.24, 2.45) is 4.99 Å². The van der Waals surface area contributed by atoms with Crippen LogP contribution in [-0.4, -0.2) is 29.9 Å². The van der Waals surface area contributed by atoms with Crippen LogP contribution in [0.5, 0.6) is 0 Å². The smallest absolute Gasteiger partial charge is 0.223 e. The van der Waals surface area contributed by atoms with Crippen LogP contribution in [-0.2, 0) is 17.9 Å². The number of carbonyl (C=O) groups excluding carboxylic acids is 1. The Kier molecular flexibility index (Phi) is 7.53. The largest absolute Gasteiger partial charge is 0.357 e. The van der Waals surface area contributed by atoms with Gasteiger partial charge in [0.05, 0.1) is 6.04 Å². The summed E-state index contributed by atoms with van der Waals surface area (Å²) < 4.78 is 0. The molecule has 1 atom stereocenters. The fourth-order valence-corrected chi connectivity index (χ4v) is 3.57. The summed E-state index contributed by atoms with van der Waals surface area (Å²) in [7, 11) is 0. The van der Waals surface area contributed by atoms with Crippen molar-refractivity contribution >= 4 is 23.5 Å². The molecule has 154 valence electrons. The number of carbonyl (C=O) groups is 1. The van der Waals surface area contributed by atoms with E-state index in [0.29, 0.717) is 13.0 Å². The van der Waals surface area contributed by atoms with Gasteiger partial charge in [-0.2, -0.15) is 0 Å². The van der Waals surface area contributed by atoms with Crippen LogP contribution in [0.2, 0.25) is 5.02 Å². The first kappa shape index (κ1) is 21.2. The Hall–Kier alpha value is -2.53. The van der Waals surface area contributed by atoms with E-state index in [1.165, 1.54) is 11.1 Å². The Balaban J connectivity index is 1.46. The minimum atomic E-state index is 0.106. The van der Waals surface area contributed by atoms with Crippen molar-refractivity contribution in [2.75, 3.05) is 13.1 Å². The fourth-order valence-electron chi connectivity index (χ4n) is 3.45. The van der Waals surface area contributed by atoms with Gasteiger partial charge in [0.1, 0.15) is 0 Å². The van der Waals surface area contributed by atoms with Gasteiger partial charge < -0.3 is 15.5 Å². The highest BCUT2D eigenvalue weighted by atomic mass is 35.5. The molecule has 5 nitrogen and oxygen atoms in total. The summed E-state index contributed by atoms with van der Waals surface area (Å²) in [5.74, 6) is 0.958. The third-order valence-corrected chi connectivity index (χ3v) is 5.33. The van der Waals surface area contributed by atoms with Crippen LogP contribution < -0.4 is 10.6 Å². The number of nitrogens with zero attached hydrogens (tertiary/aromatic N) is 2. The Morgan fingerprint density at radius 3 is 2.41 bits per heavy atom. The van der Waals surface area contributed by atoms with E-state index in [1.54, 1.807) is 0 Å². The van der Waals surface area contributed by atoms with Crippen LogP contribution in [0.3, 0.4) is 0 Å². The monoisotopic (exact) mass is 412 g/mol. The summed E-state index contributed by atoms with van der Waals surface area (Å²) in [6.07, 6.45) is 1.25. The molecular weight excluding hydrogens is 384 g/mol. The van der Waals surface area contributed by atoms with Crippen molar-refractivity contribution in [3.8, 4) is 0 Å². The van der Waals surface area contributed by atoms with E-state index in [1.807, 2.05) is 48.2 Å². The summed E-state index contributed by atoms with van der Waals surface area (Å²) in [5, 5.41) is 7.41. The maximum Gasteiger partial charge on any atom is 0.223 e. The van der Waals surface area contributed by atoms with Crippen LogP contribution in [0.4, 0.5) is 0 Å². The van der Waals surface area contributed by atoms with Gasteiger partial charge >= 0.3 is 0 Å². The van der Waals surface area contributed by atoms with Crippen molar-refractivity contribution in [3.05, 3.63) is 70.2 Å². The van der Waals surface area contributed by atoms with E-state index in [0.717, 1.165) is 42.6 Å². The Labute approximate surface area is 178 Å². The average molecular weight is 413 g/mol. The molecule has 6 heteroatoms. The highest BCUT2D eigenvalue weighted by Crippen LogP contribution is 2.23. The van der Waals surface area contributed by atoms with E-state index in [-0.39, 0.29) is 11.9 Å². The highest BCUT2D eigenvalue weighted by molar-refractivity contribution is 6.30. The van der Waals surface area contributed by atoms with Crippen LogP contribution >= 0.6 is 11.6 Å². The number of hydrogen-bond acceptors (Lipinski definition) is 2. The second kappa shape index (κ2) is 10.3. The van der Waals surface area contributed by atoms with Gasteiger partial charge in [-0.25, -0.2) is 0 Å². The van der Waals surface area contributed by atoms with Gasteiger partial charge in [0.2, 0.25) is 5.91 Å². The lowest BCUT2D eigenvalue weighted by Gasteiger charge is -2.18. The van der Waals surface area contributed by atoms with Gasteiger partial charge in [0.25, 0.3) is 0 Å². The second-order valence-corrected chi connectivity index (χ2v) is 7.74. The number of halogens is 1. The van der Waals surface area contributed by atoms with Gasteiger partial charge in [-0.05, 0) is 49.1 Å². The summed E-state index contributed by atoms with van der Waals surface area (Å²) in [6.45, 7) is 6.96. The Morgan fingerprint density at radius 1 is 1.14 bits per heavy atom. The number of amides is 1. The number of rotatable bonds is 7. The van der Waals surface area contributed by atoms with E-state index < -0.39 is 0 Å². The number of guanidine groups is 1. The highest BCUT2D eigenvalue weighted by Gasteiger charge is 2.22. The molecule has 2 aromatic rings. The lowest BCUT2D eigenvalue weighted by molar-refractivity contribution is -0.131. The first-order valence-corrected chi connectivity index (χ1v) is 10.6. The van der Waals surface area contributed by atoms with Gasteiger partial charge in [-0.1, -0.05) is 48.0 Å². The normalized spacial score (nSPS) is 14.4. The molecular formula is C23H29ClN4O. The number of benzene rings is 2. The minimum Gasteiger partial charge on any atom is -0.357 e. The van der Waals surface area contributed by atoms with Crippen LogP contribution in [0, 0.1) is 0 Å². The molecule has 1 amide bonds. The third kappa shape index (κ3) is 5.97. The predicted octanol–water partition coefficient (Wildman–Crippen LogP) is 4.28. The lowest BCUT2D eigenvalue weighted by Crippen LogP contribution is -2.38. The van der Waals surface area contributed by atoms with Gasteiger partial charge in [-0.3, -0.25) is 9.79 Å². The predicted molar refractivity (Wildman–Crippen MR) is 119 cm³/mol. The molecule has 0 saturated heterocycles. The van der Waals surface area contributed by atoms with Crippen LogP contribution in [0.1, 0.15) is 49.4 Å². The molecule has 1 heterocycles. The molecule has 1 aliphatic heterocycles. The standard InChI is InChI=1S/C23H29ClN4O/c1-3-25-23(27-17(2)18-10-12-21(24)13-11-18)26-14-6-9-22(29)28-15-19-7-4-5-8-20(19)16-28/h4-5,7-8,10-13,17H,3,6,9,14-16H2,1-2H3,(H2,25,26,27). The van der Waals surface area contributed by atoms with Gasteiger partial charge in [-0.15, -0.1) is 0 Å². The lowest BCUT2D eigenvalue weighted by atomic mass is 10.1. The molecule has 3 rings (SSSR count). The van der Waals surface area contributed by atoms with Crippen LogP contribution in [0.25, 0.3) is 0 Å². The maximum atomic E-state index is 12.5. The van der Waals surface area contributed by atoms with Gasteiger partial charge in [0.15, 0.2) is 5.96 Å². The topological polar surface area (TPSA) is 56.7 Å². The van der Waals surface area contributed by atoms with E-state index in [4.69, 9.17) is 11.6 Å². The van der Waals surface area contributed by atoms with Gasteiger partial charge in [0, 0.05) is 37.6 Å². The number of nitrogens with one attached hydrogen (secondary N) is 2. The van der Waals surface area contributed by atoms with Crippen molar-refractivity contribution in [1.29, 1.82) is 0 Å². The van der Waals surface area contributed by atoms with Crippen molar-refractivity contribution in [2.45, 2.75) is 45.8 Å². The summed E-state index contributed by atoms with van der Waals surface area (Å²) in [6, 6.07) is 16.2. The Morgan fingerprint density at radius 2 is 1.79 bits per heavy atom. The zero-order valence-electron chi connectivity index (χ0n) is 17.1. The molecule has 0 saturated carbocycles. The van der Waals surface area contributed by atoms with E-state index >= 15 is 0 Å². The number of hydrogen-bond donors (Lipinski definition) is 2. The zero-order chi connectivity index (χ0) is 20.6. The van der Waals surface area contributed by atoms with Crippen molar-refractivity contribution in [1.82, 2.24) is 15.5 Å². The maximum absolute atomic E-state index is 12.5. The van der Waals surface area contributed by atoms with Crippen molar-refractivity contribution in [3.63, 3.8) is 0 Å². The molecule has 0 spiro atoms. The minimum absolute atomic E-state index is 0.106. The second-order valence-electron chi connectivity index (χ2n) is 7.30. The first-order chi connectivity index (χ1) is 14.1. The molecule has 2 N–H and O–H groups in total. The Bertz CT molecular complexity index is 825. The molecule has 0 bridgehead atoms. The molecule has 0 aliphatic carbocycles. The molecule has 29 heavy (non-hydrogen) atoms. The fraction of sp³-hybridized carbons (Fsp3) is 0.391. The summed E-state index contributed by atoms with van der Waals surface area (Å²) in [5.41, 5.74) is 3.66. The molecule has 0 radical (unpaired) electrons. The summed E-state index contributed by atoms with van der Waals surface area (Å²) >= 11 is 5.97.